The molecule has 6 N–H and O–H groups in total. The summed E-state index contributed by atoms with van der Waals surface area (Å²) in [4.78, 5) is 8.33. The number of aromatic amines is 1. The van der Waals surface area contributed by atoms with E-state index in [0.717, 1.165) is 5.39 Å². The maximum absolute atomic E-state index is 10.2. The van der Waals surface area contributed by atoms with Crippen molar-refractivity contribution in [1.82, 2.24) is 20.2 Å². The van der Waals surface area contributed by atoms with E-state index in [9.17, 15) is 5.11 Å². The minimum atomic E-state index is -0.864. The summed E-state index contributed by atoms with van der Waals surface area (Å²) < 4.78 is 5.19. The van der Waals surface area contributed by atoms with Crippen LogP contribution in [-0.2, 0) is 4.74 Å². The van der Waals surface area contributed by atoms with E-state index in [2.05, 4.69) is 30.9 Å². The van der Waals surface area contributed by atoms with Crippen LogP contribution in [0.1, 0.15) is 6.42 Å². The third-order valence-corrected chi connectivity index (χ3v) is 3.11. The monoisotopic (exact) mass is 265 g/mol. The molecular weight excluding hydrogens is 250 g/mol. The molecule has 1 fully saturated rings. The maximum Gasteiger partial charge on any atom is 0.241 e. The lowest BCUT2D eigenvalue weighted by atomic mass is 10.0. The highest BCUT2D eigenvalue weighted by molar-refractivity contribution is 5.86. The van der Waals surface area contributed by atoms with Gasteiger partial charge in [-0.05, 0) is 0 Å². The molecule has 1 unspecified atom stereocenters. The molecule has 0 saturated carbocycles. The molecule has 1 atom stereocenters. The Morgan fingerprint density at radius 3 is 3.16 bits per heavy atom. The van der Waals surface area contributed by atoms with Gasteiger partial charge in [-0.2, -0.15) is 15.1 Å². The average molecular weight is 265 g/mol. The van der Waals surface area contributed by atoms with Gasteiger partial charge in [0.1, 0.15) is 11.4 Å². The lowest BCUT2D eigenvalue weighted by Crippen LogP contribution is -2.37. The first-order valence-electron chi connectivity index (χ1n) is 5.92. The van der Waals surface area contributed by atoms with Crippen molar-refractivity contribution in [3.63, 3.8) is 0 Å². The molecule has 102 valence electrons. The third-order valence-electron chi connectivity index (χ3n) is 3.11. The molecular formula is C10H15N7O2. The molecule has 0 aliphatic carbocycles. The summed E-state index contributed by atoms with van der Waals surface area (Å²) in [6, 6.07) is 0. The Labute approximate surface area is 108 Å². The zero-order valence-electron chi connectivity index (χ0n) is 10.2. The molecule has 9 nitrogen and oxygen atoms in total. The van der Waals surface area contributed by atoms with Crippen molar-refractivity contribution < 1.29 is 9.84 Å². The standard InChI is InChI=1S/C10H15N7O2/c11-16-9-14-7(6-3-13-17-8(6)15-9)12-4-10(18)1-2-19-5-10/h3,18H,1-2,4-5,11H2,(H3,12,13,14,15,16,17). The van der Waals surface area contributed by atoms with Crippen LogP contribution in [0.3, 0.4) is 0 Å². The van der Waals surface area contributed by atoms with Crippen LogP contribution in [-0.4, -0.2) is 50.6 Å². The number of nitrogens with two attached hydrogens (primary N) is 1. The Hall–Kier alpha value is -1.97. The van der Waals surface area contributed by atoms with E-state index in [0.29, 0.717) is 37.6 Å². The van der Waals surface area contributed by atoms with Crippen molar-refractivity contribution in [3.8, 4) is 0 Å². The molecule has 0 bridgehead atoms. The van der Waals surface area contributed by atoms with Crippen LogP contribution in [0, 0.1) is 0 Å². The molecule has 1 saturated heterocycles. The van der Waals surface area contributed by atoms with Gasteiger partial charge in [0.25, 0.3) is 0 Å². The second-order valence-corrected chi connectivity index (χ2v) is 4.55. The van der Waals surface area contributed by atoms with Gasteiger partial charge in [-0.3, -0.25) is 10.5 Å². The number of rotatable bonds is 4. The largest absolute Gasteiger partial charge is 0.386 e. The van der Waals surface area contributed by atoms with E-state index >= 15 is 0 Å². The molecule has 1 aliphatic heterocycles. The molecule has 9 heteroatoms. The van der Waals surface area contributed by atoms with Crippen LogP contribution in [0.25, 0.3) is 11.0 Å². The van der Waals surface area contributed by atoms with Crippen LogP contribution >= 0.6 is 0 Å². The van der Waals surface area contributed by atoms with E-state index in [1.165, 1.54) is 0 Å². The number of nitrogens with one attached hydrogen (secondary N) is 3. The summed E-state index contributed by atoms with van der Waals surface area (Å²) in [6.45, 7) is 1.23. The van der Waals surface area contributed by atoms with Gasteiger partial charge in [0, 0.05) is 19.6 Å². The lowest BCUT2D eigenvalue weighted by Gasteiger charge is -2.21. The summed E-state index contributed by atoms with van der Waals surface area (Å²) >= 11 is 0. The fourth-order valence-corrected chi connectivity index (χ4v) is 2.02. The molecule has 0 aromatic carbocycles. The second-order valence-electron chi connectivity index (χ2n) is 4.55. The van der Waals surface area contributed by atoms with Gasteiger partial charge in [0.05, 0.1) is 18.2 Å². The van der Waals surface area contributed by atoms with Crippen LogP contribution in [0.4, 0.5) is 11.8 Å². The normalized spacial score (nSPS) is 22.8. The number of nitrogens with zero attached hydrogens (tertiary/aromatic N) is 3. The molecule has 1 aliphatic rings. The Morgan fingerprint density at radius 1 is 1.53 bits per heavy atom. The van der Waals surface area contributed by atoms with E-state index in [1.807, 2.05) is 0 Å². The average Bonchev–Trinajstić information content (AvgIpc) is 3.04. The first-order chi connectivity index (χ1) is 9.20. The molecule has 0 amide bonds. The van der Waals surface area contributed by atoms with Crippen molar-refractivity contribution in [2.24, 2.45) is 5.84 Å². The predicted molar refractivity (Wildman–Crippen MR) is 68.4 cm³/mol. The predicted octanol–water partition coefficient (Wildman–Crippen LogP) is -0.798. The van der Waals surface area contributed by atoms with Gasteiger partial charge in [0.2, 0.25) is 5.95 Å². The lowest BCUT2D eigenvalue weighted by molar-refractivity contribution is 0.0381. The number of aromatic nitrogens is 4. The molecule has 3 heterocycles. The van der Waals surface area contributed by atoms with E-state index < -0.39 is 5.60 Å². The number of H-pyrrole nitrogens is 1. The van der Waals surface area contributed by atoms with Crippen molar-refractivity contribution in [2.45, 2.75) is 12.0 Å². The number of hydrazine groups is 1. The van der Waals surface area contributed by atoms with Gasteiger partial charge in [-0.15, -0.1) is 0 Å². The Bertz CT molecular complexity index is 578. The molecule has 0 radical (unpaired) electrons. The number of nitrogen functional groups attached to an aromatic ring is 1. The number of fused-ring (bicyclic) bond motifs is 1. The van der Waals surface area contributed by atoms with Crippen molar-refractivity contribution in [2.75, 3.05) is 30.5 Å². The second kappa shape index (κ2) is 4.61. The van der Waals surface area contributed by atoms with Gasteiger partial charge < -0.3 is 15.2 Å². The first-order valence-corrected chi connectivity index (χ1v) is 5.92. The molecule has 3 rings (SSSR count). The quantitative estimate of drug-likeness (QED) is 0.358. The maximum atomic E-state index is 10.2. The van der Waals surface area contributed by atoms with Crippen molar-refractivity contribution in [3.05, 3.63) is 6.20 Å². The minimum Gasteiger partial charge on any atom is -0.386 e. The highest BCUT2D eigenvalue weighted by Crippen LogP contribution is 2.23. The summed E-state index contributed by atoms with van der Waals surface area (Å²) in [5, 5.41) is 20.7. The molecule has 2 aromatic rings. The van der Waals surface area contributed by atoms with E-state index in [-0.39, 0.29) is 5.95 Å². The summed E-state index contributed by atoms with van der Waals surface area (Å²) in [5.41, 5.74) is 2.10. The van der Waals surface area contributed by atoms with Crippen LogP contribution in [0.2, 0.25) is 0 Å². The van der Waals surface area contributed by atoms with Crippen molar-refractivity contribution in [1.29, 1.82) is 0 Å². The van der Waals surface area contributed by atoms with Gasteiger partial charge in [-0.1, -0.05) is 0 Å². The SMILES string of the molecule is NNc1nc(NCC2(O)CCOC2)c2cn[nH]c2n1. The number of anilines is 2. The van der Waals surface area contributed by atoms with Crippen molar-refractivity contribution >= 4 is 22.8 Å². The van der Waals surface area contributed by atoms with Crippen LogP contribution in [0.5, 0.6) is 0 Å². The minimum absolute atomic E-state index is 0.272. The highest BCUT2D eigenvalue weighted by Gasteiger charge is 2.32. The number of hydrogen-bond donors (Lipinski definition) is 5. The van der Waals surface area contributed by atoms with E-state index in [4.69, 9.17) is 10.6 Å². The summed E-state index contributed by atoms with van der Waals surface area (Å²) in [7, 11) is 0. The number of hydrogen-bond acceptors (Lipinski definition) is 8. The van der Waals surface area contributed by atoms with Crippen LogP contribution in [0.15, 0.2) is 6.20 Å². The van der Waals surface area contributed by atoms with Gasteiger partial charge in [0.15, 0.2) is 5.65 Å². The number of aliphatic hydroxyl groups is 1. The first kappa shape index (κ1) is 12.1. The van der Waals surface area contributed by atoms with Crippen LogP contribution < -0.4 is 16.6 Å². The smallest absolute Gasteiger partial charge is 0.241 e. The third kappa shape index (κ3) is 2.30. The van der Waals surface area contributed by atoms with E-state index in [1.54, 1.807) is 6.20 Å². The Balaban J connectivity index is 1.85. The summed E-state index contributed by atoms with van der Waals surface area (Å²) in [5.74, 6) is 6.15. The zero-order chi connectivity index (χ0) is 13.3. The van der Waals surface area contributed by atoms with Gasteiger partial charge >= 0.3 is 0 Å². The fourth-order valence-electron chi connectivity index (χ4n) is 2.02. The topological polar surface area (TPSA) is 134 Å². The van der Waals surface area contributed by atoms with Gasteiger partial charge in [-0.25, -0.2) is 5.84 Å². The highest BCUT2D eigenvalue weighted by atomic mass is 16.5. The zero-order valence-corrected chi connectivity index (χ0v) is 10.2. The Morgan fingerprint density at radius 2 is 2.42 bits per heavy atom. The molecule has 2 aromatic heterocycles. The molecule has 0 spiro atoms. The summed E-state index contributed by atoms with van der Waals surface area (Å²) in [6.07, 6.45) is 2.22. The fraction of sp³-hybridized carbons (Fsp3) is 0.500. The Kier molecular flexibility index (Phi) is 2.93. The molecule has 19 heavy (non-hydrogen) atoms. The number of ether oxygens (including phenoxy) is 1.